The number of benzene rings is 2. The van der Waals surface area contributed by atoms with E-state index in [-0.39, 0.29) is 12.0 Å². The number of hydrogen-bond donors (Lipinski definition) is 0. The first-order valence-electron chi connectivity index (χ1n) is 9.41. The molecule has 144 valence electrons. The molecular formula is C22H27NO4. The summed E-state index contributed by atoms with van der Waals surface area (Å²) in [7, 11) is 3.17. The van der Waals surface area contributed by atoms with Crippen molar-refractivity contribution in [2.45, 2.75) is 32.3 Å². The molecule has 3 rings (SSSR count). The maximum atomic E-state index is 12.9. The van der Waals surface area contributed by atoms with Crippen molar-refractivity contribution in [3.8, 4) is 17.2 Å². The molecule has 1 aliphatic heterocycles. The Hall–Kier alpha value is -2.69. The van der Waals surface area contributed by atoms with Gasteiger partial charge in [-0.15, -0.1) is 0 Å². The molecule has 5 nitrogen and oxygen atoms in total. The lowest BCUT2D eigenvalue weighted by molar-refractivity contribution is 0.0595. The van der Waals surface area contributed by atoms with Gasteiger partial charge >= 0.3 is 0 Å². The van der Waals surface area contributed by atoms with E-state index in [9.17, 15) is 4.79 Å². The molecule has 0 unspecified atom stereocenters. The Balaban J connectivity index is 1.61. The molecule has 1 amide bonds. The second-order valence-corrected chi connectivity index (χ2v) is 6.71. The molecule has 27 heavy (non-hydrogen) atoms. The van der Waals surface area contributed by atoms with Crippen molar-refractivity contribution in [1.82, 2.24) is 4.90 Å². The fraction of sp³-hybridized carbons (Fsp3) is 0.409. The van der Waals surface area contributed by atoms with E-state index in [1.807, 2.05) is 17.0 Å². The summed E-state index contributed by atoms with van der Waals surface area (Å²) in [6.07, 6.45) is 2.78. The second kappa shape index (κ2) is 8.80. The van der Waals surface area contributed by atoms with Gasteiger partial charge in [-0.05, 0) is 36.2 Å². The van der Waals surface area contributed by atoms with E-state index in [1.165, 1.54) is 5.56 Å². The molecule has 5 heteroatoms. The zero-order valence-electron chi connectivity index (χ0n) is 16.2. The number of carbonyl (C=O) groups excluding carboxylic acids is 1. The topological polar surface area (TPSA) is 48.0 Å². The monoisotopic (exact) mass is 369 g/mol. The molecular weight excluding hydrogens is 342 g/mol. The molecule has 0 radical (unpaired) electrons. The summed E-state index contributed by atoms with van der Waals surface area (Å²) in [5.74, 6) is 2.15. The van der Waals surface area contributed by atoms with Crippen molar-refractivity contribution in [1.29, 1.82) is 0 Å². The summed E-state index contributed by atoms with van der Waals surface area (Å²) in [6, 6.07) is 13.5. The molecule has 1 fully saturated rings. The van der Waals surface area contributed by atoms with Gasteiger partial charge < -0.3 is 19.1 Å². The summed E-state index contributed by atoms with van der Waals surface area (Å²) in [4.78, 5) is 14.7. The van der Waals surface area contributed by atoms with Crippen molar-refractivity contribution >= 4 is 5.91 Å². The fourth-order valence-electron chi connectivity index (χ4n) is 3.32. The largest absolute Gasteiger partial charge is 0.497 e. The number of aryl methyl sites for hydroxylation is 1. The van der Waals surface area contributed by atoms with Crippen molar-refractivity contribution in [3.63, 3.8) is 0 Å². The second-order valence-electron chi connectivity index (χ2n) is 6.71. The molecule has 0 saturated carbocycles. The van der Waals surface area contributed by atoms with Gasteiger partial charge in [0.2, 0.25) is 0 Å². The van der Waals surface area contributed by atoms with E-state index in [4.69, 9.17) is 14.2 Å². The highest BCUT2D eigenvalue weighted by atomic mass is 16.5. The number of nitrogens with zero attached hydrogens (tertiary/aromatic N) is 1. The number of piperidine rings is 1. The van der Waals surface area contributed by atoms with E-state index in [1.54, 1.807) is 32.4 Å². The van der Waals surface area contributed by atoms with Gasteiger partial charge in [0.15, 0.2) is 0 Å². The summed E-state index contributed by atoms with van der Waals surface area (Å²) < 4.78 is 16.7. The van der Waals surface area contributed by atoms with Crippen LogP contribution in [-0.4, -0.2) is 44.2 Å². The highest BCUT2D eigenvalue weighted by molar-refractivity contribution is 5.95. The molecule has 0 N–H and O–H groups in total. The summed E-state index contributed by atoms with van der Waals surface area (Å²) in [5, 5.41) is 0. The van der Waals surface area contributed by atoms with Gasteiger partial charge in [-0.25, -0.2) is 0 Å². The minimum atomic E-state index is -0.00127. The van der Waals surface area contributed by atoms with Crippen LogP contribution >= 0.6 is 0 Å². The van der Waals surface area contributed by atoms with E-state index in [0.29, 0.717) is 30.2 Å². The zero-order valence-corrected chi connectivity index (χ0v) is 16.2. The molecule has 1 saturated heterocycles. The minimum absolute atomic E-state index is 0.00127. The van der Waals surface area contributed by atoms with Crippen LogP contribution in [0.4, 0.5) is 0 Å². The van der Waals surface area contributed by atoms with Crippen molar-refractivity contribution in [2.24, 2.45) is 0 Å². The van der Waals surface area contributed by atoms with Gasteiger partial charge in [0.1, 0.15) is 23.4 Å². The van der Waals surface area contributed by atoms with Crippen LogP contribution in [0.5, 0.6) is 17.2 Å². The van der Waals surface area contributed by atoms with Gasteiger partial charge in [-0.3, -0.25) is 4.79 Å². The first-order valence-corrected chi connectivity index (χ1v) is 9.41. The maximum absolute atomic E-state index is 12.9. The Morgan fingerprint density at radius 2 is 1.67 bits per heavy atom. The molecule has 2 aromatic carbocycles. The third-order valence-corrected chi connectivity index (χ3v) is 4.94. The highest BCUT2D eigenvalue weighted by Crippen LogP contribution is 2.25. The van der Waals surface area contributed by atoms with Crippen LogP contribution in [0.25, 0.3) is 0 Å². The Morgan fingerprint density at radius 3 is 2.26 bits per heavy atom. The van der Waals surface area contributed by atoms with Crippen LogP contribution in [0.1, 0.15) is 35.7 Å². The Labute approximate surface area is 160 Å². The number of amides is 1. The molecule has 0 bridgehead atoms. The summed E-state index contributed by atoms with van der Waals surface area (Å²) in [6.45, 7) is 3.49. The van der Waals surface area contributed by atoms with Crippen LogP contribution < -0.4 is 14.2 Å². The SMILES string of the molecule is CCc1cccc(OC2CCN(C(=O)c3cc(OC)cc(OC)c3)CC2)c1. The number of hydrogen-bond acceptors (Lipinski definition) is 4. The Morgan fingerprint density at radius 1 is 1.00 bits per heavy atom. The minimum Gasteiger partial charge on any atom is -0.497 e. The third kappa shape index (κ3) is 4.73. The molecule has 0 aliphatic carbocycles. The highest BCUT2D eigenvalue weighted by Gasteiger charge is 2.25. The smallest absolute Gasteiger partial charge is 0.254 e. The lowest BCUT2D eigenvalue weighted by Gasteiger charge is -2.32. The molecule has 0 aromatic heterocycles. The molecule has 0 spiro atoms. The predicted octanol–water partition coefficient (Wildman–Crippen LogP) is 3.95. The van der Waals surface area contributed by atoms with Crippen LogP contribution in [0.2, 0.25) is 0 Å². The average molecular weight is 369 g/mol. The molecule has 2 aromatic rings. The van der Waals surface area contributed by atoms with Crippen LogP contribution in [0.15, 0.2) is 42.5 Å². The van der Waals surface area contributed by atoms with Gasteiger partial charge in [0.05, 0.1) is 14.2 Å². The zero-order chi connectivity index (χ0) is 19.2. The van der Waals surface area contributed by atoms with Crippen LogP contribution in [-0.2, 0) is 6.42 Å². The van der Waals surface area contributed by atoms with Gasteiger partial charge in [-0.1, -0.05) is 19.1 Å². The normalized spacial score (nSPS) is 14.7. The standard InChI is InChI=1S/C22H27NO4/c1-4-16-6-5-7-19(12-16)27-18-8-10-23(11-9-18)22(24)17-13-20(25-2)15-21(14-17)26-3/h5-7,12-15,18H,4,8-11H2,1-3H3. The van der Waals surface area contributed by atoms with Gasteiger partial charge in [-0.2, -0.15) is 0 Å². The third-order valence-electron chi connectivity index (χ3n) is 4.94. The van der Waals surface area contributed by atoms with E-state index in [2.05, 4.69) is 19.1 Å². The predicted molar refractivity (Wildman–Crippen MR) is 105 cm³/mol. The molecule has 1 aliphatic rings. The lowest BCUT2D eigenvalue weighted by Crippen LogP contribution is -2.41. The Bertz CT molecular complexity index is 759. The van der Waals surface area contributed by atoms with Crippen LogP contribution in [0.3, 0.4) is 0 Å². The quantitative estimate of drug-likeness (QED) is 0.774. The molecule has 0 atom stereocenters. The number of carbonyl (C=O) groups is 1. The lowest BCUT2D eigenvalue weighted by atomic mass is 10.1. The fourth-order valence-corrected chi connectivity index (χ4v) is 3.32. The van der Waals surface area contributed by atoms with E-state index >= 15 is 0 Å². The van der Waals surface area contributed by atoms with Crippen LogP contribution in [0, 0.1) is 0 Å². The number of likely N-dealkylation sites (tertiary alicyclic amines) is 1. The first kappa shape index (κ1) is 19.1. The summed E-state index contributed by atoms with van der Waals surface area (Å²) >= 11 is 0. The number of methoxy groups -OCH3 is 2. The molecule has 1 heterocycles. The number of rotatable bonds is 6. The first-order chi connectivity index (χ1) is 13.1. The van der Waals surface area contributed by atoms with Gasteiger partial charge in [0, 0.05) is 37.6 Å². The van der Waals surface area contributed by atoms with E-state index < -0.39 is 0 Å². The van der Waals surface area contributed by atoms with Gasteiger partial charge in [0.25, 0.3) is 5.91 Å². The van der Waals surface area contributed by atoms with Crippen molar-refractivity contribution < 1.29 is 19.0 Å². The summed E-state index contributed by atoms with van der Waals surface area (Å²) in [5.41, 5.74) is 1.85. The number of ether oxygens (including phenoxy) is 3. The average Bonchev–Trinajstić information content (AvgIpc) is 2.73. The van der Waals surface area contributed by atoms with Crippen molar-refractivity contribution in [2.75, 3.05) is 27.3 Å². The van der Waals surface area contributed by atoms with Crippen molar-refractivity contribution in [3.05, 3.63) is 53.6 Å². The van der Waals surface area contributed by atoms with E-state index in [0.717, 1.165) is 25.0 Å². The Kier molecular flexibility index (Phi) is 6.22. The maximum Gasteiger partial charge on any atom is 0.254 e.